The maximum atomic E-state index is 10.5. The molecule has 0 aliphatic rings. The third-order valence-corrected chi connectivity index (χ3v) is 1.18. The van der Waals surface area contributed by atoms with Crippen LogP contribution >= 0.6 is 0 Å². The van der Waals surface area contributed by atoms with E-state index in [-0.39, 0.29) is 12.4 Å². The summed E-state index contributed by atoms with van der Waals surface area (Å²) in [6, 6.07) is 0. The van der Waals surface area contributed by atoms with E-state index in [0.717, 1.165) is 0 Å². The van der Waals surface area contributed by atoms with Gasteiger partial charge in [-0.05, 0) is 12.5 Å². The van der Waals surface area contributed by atoms with E-state index in [1.165, 1.54) is 12.3 Å². The minimum absolute atomic E-state index is 0.0323. The highest BCUT2D eigenvalue weighted by Gasteiger charge is 2.06. The summed E-state index contributed by atoms with van der Waals surface area (Å²) in [6.45, 7) is 5.70. The largest absolute Gasteiger partial charge is 0.498 e. The van der Waals surface area contributed by atoms with Crippen LogP contribution in [0.5, 0.6) is 0 Å². The standard InChI is InChI=1S/C9H14O4/c1-3-5-8(9(10)11)13-7-6-12-4-2/h4-5H,2-3,6-7H2,1H3,(H,10,11). The van der Waals surface area contributed by atoms with E-state index in [0.29, 0.717) is 13.0 Å². The number of carbonyl (C=O) groups is 1. The van der Waals surface area contributed by atoms with Crippen molar-refractivity contribution in [1.29, 1.82) is 0 Å². The summed E-state index contributed by atoms with van der Waals surface area (Å²) in [5.41, 5.74) is 0. The number of hydrogen-bond donors (Lipinski definition) is 1. The molecule has 0 saturated heterocycles. The Hall–Kier alpha value is -1.45. The van der Waals surface area contributed by atoms with Gasteiger partial charge in [-0.3, -0.25) is 0 Å². The van der Waals surface area contributed by atoms with Crippen molar-refractivity contribution in [2.24, 2.45) is 0 Å². The third kappa shape index (κ3) is 5.78. The van der Waals surface area contributed by atoms with Gasteiger partial charge in [-0.15, -0.1) is 0 Å². The van der Waals surface area contributed by atoms with Crippen LogP contribution in [0.1, 0.15) is 13.3 Å². The van der Waals surface area contributed by atoms with Gasteiger partial charge >= 0.3 is 5.97 Å². The van der Waals surface area contributed by atoms with Gasteiger partial charge in [0.1, 0.15) is 13.2 Å². The SMILES string of the molecule is C=COCCOC(=CCC)C(=O)O. The molecule has 1 N–H and O–H groups in total. The molecule has 0 saturated carbocycles. The van der Waals surface area contributed by atoms with Crippen LogP contribution in [-0.4, -0.2) is 24.3 Å². The molecule has 0 spiro atoms. The van der Waals surface area contributed by atoms with E-state index >= 15 is 0 Å². The summed E-state index contributed by atoms with van der Waals surface area (Å²) in [5, 5.41) is 8.61. The lowest BCUT2D eigenvalue weighted by atomic mass is 10.4. The van der Waals surface area contributed by atoms with Gasteiger partial charge in [0, 0.05) is 0 Å². The van der Waals surface area contributed by atoms with Gasteiger partial charge in [-0.25, -0.2) is 4.79 Å². The second kappa shape index (κ2) is 7.21. The van der Waals surface area contributed by atoms with Gasteiger partial charge in [-0.2, -0.15) is 0 Å². The summed E-state index contributed by atoms with van der Waals surface area (Å²) in [5.74, 6) is -1.09. The number of allylic oxidation sites excluding steroid dienone is 1. The molecule has 0 aromatic rings. The number of ether oxygens (including phenoxy) is 2. The lowest BCUT2D eigenvalue weighted by molar-refractivity contribution is -0.136. The molecule has 0 bridgehead atoms. The molecular weight excluding hydrogens is 172 g/mol. The van der Waals surface area contributed by atoms with Gasteiger partial charge in [0.25, 0.3) is 0 Å². The zero-order chi connectivity index (χ0) is 10.1. The van der Waals surface area contributed by atoms with Crippen LogP contribution in [0.25, 0.3) is 0 Å². The fourth-order valence-electron chi connectivity index (χ4n) is 0.676. The first kappa shape index (κ1) is 11.6. The fraction of sp³-hybridized carbons (Fsp3) is 0.444. The number of hydrogen-bond acceptors (Lipinski definition) is 3. The molecule has 0 atom stereocenters. The Kier molecular flexibility index (Phi) is 6.41. The lowest BCUT2D eigenvalue weighted by Gasteiger charge is -2.05. The molecule has 0 aromatic carbocycles. The average Bonchev–Trinajstić information content (AvgIpc) is 2.10. The number of aliphatic carboxylic acids is 1. The summed E-state index contributed by atoms with van der Waals surface area (Å²) >= 11 is 0. The molecule has 0 rings (SSSR count). The van der Waals surface area contributed by atoms with Crippen LogP contribution in [-0.2, 0) is 14.3 Å². The predicted molar refractivity (Wildman–Crippen MR) is 48.1 cm³/mol. The highest BCUT2D eigenvalue weighted by Crippen LogP contribution is 1.99. The first-order valence-electron chi connectivity index (χ1n) is 4.01. The van der Waals surface area contributed by atoms with Crippen molar-refractivity contribution >= 4 is 5.97 Å². The molecule has 0 aromatic heterocycles. The Balaban J connectivity index is 3.77. The predicted octanol–water partition coefficient (Wildman–Crippen LogP) is 1.54. The van der Waals surface area contributed by atoms with Crippen molar-refractivity contribution in [2.45, 2.75) is 13.3 Å². The van der Waals surface area contributed by atoms with Crippen LogP contribution in [0.2, 0.25) is 0 Å². The maximum Gasteiger partial charge on any atom is 0.370 e. The quantitative estimate of drug-likeness (QED) is 0.372. The molecule has 0 aliphatic carbocycles. The van der Waals surface area contributed by atoms with Crippen LogP contribution in [0, 0.1) is 0 Å². The van der Waals surface area contributed by atoms with Gasteiger partial charge in [0.05, 0.1) is 6.26 Å². The fourth-order valence-corrected chi connectivity index (χ4v) is 0.676. The van der Waals surface area contributed by atoms with Crippen molar-refractivity contribution in [3.05, 3.63) is 24.7 Å². The van der Waals surface area contributed by atoms with E-state index in [9.17, 15) is 4.79 Å². The first-order chi connectivity index (χ1) is 6.22. The van der Waals surface area contributed by atoms with Crippen LogP contribution < -0.4 is 0 Å². The van der Waals surface area contributed by atoms with Crippen LogP contribution in [0.15, 0.2) is 24.7 Å². The second-order valence-corrected chi connectivity index (χ2v) is 2.17. The Labute approximate surface area is 77.5 Å². The number of carboxylic acids is 1. The molecule has 4 heteroatoms. The summed E-state index contributed by atoms with van der Waals surface area (Å²) in [6.07, 6.45) is 3.42. The molecular formula is C9H14O4. The average molecular weight is 186 g/mol. The van der Waals surface area contributed by atoms with Gasteiger partial charge in [0.15, 0.2) is 5.76 Å². The molecule has 74 valence electrons. The zero-order valence-electron chi connectivity index (χ0n) is 7.66. The Bertz CT molecular complexity index is 196. The molecule has 4 nitrogen and oxygen atoms in total. The molecule has 0 amide bonds. The van der Waals surface area contributed by atoms with Gasteiger partial charge < -0.3 is 14.6 Å². The van der Waals surface area contributed by atoms with Crippen molar-refractivity contribution in [2.75, 3.05) is 13.2 Å². The van der Waals surface area contributed by atoms with Gasteiger partial charge in [-0.1, -0.05) is 13.5 Å². The van der Waals surface area contributed by atoms with Crippen LogP contribution in [0.4, 0.5) is 0 Å². The van der Waals surface area contributed by atoms with E-state index < -0.39 is 5.97 Å². The molecule has 0 fully saturated rings. The minimum atomic E-state index is -1.06. The summed E-state index contributed by atoms with van der Waals surface area (Å²) in [7, 11) is 0. The van der Waals surface area contributed by atoms with E-state index in [2.05, 4.69) is 6.58 Å². The lowest BCUT2D eigenvalue weighted by Crippen LogP contribution is -2.08. The molecule has 0 radical (unpaired) electrons. The zero-order valence-corrected chi connectivity index (χ0v) is 7.66. The normalized spacial score (nSPS) is 10.7. The Morgan fingerprint density at radius 2 is 2.23 bits per heavy atom. The van der Waals surface area contributed by atoms with Crippen molar-refractivity contribution in [1.82, 2.24) is 0 Å². The maximum absolute atomic E-state index is 10.5. The molecule has 0 aliphatic heterocycles. The summed E-state index contributed by atoms with van der Waals surface area (Å²) in [4.78, 5) is 10.5. The monoisotopic (exact) mass is 186 g/mol. The molecule has 0 unspecified atom stereocenters. The second-order valence-electron chi connectivity index (χ2n) is 2.17. The van der Waals surface area contributed by atoms with Crippen molar-refractivity contribution in [3.8, 4) is 0 Å². The Morgan fingerprint density at radius 1 is 1.54 bits per heavy atom. The first-order valence-corrected chi connectivity index (χ1v) is 4.01. The number of carboxylic acid groups (broad SMARTS) is 1. The smallest absolute Gasteiger partial charge is 0.370 e. The van der Waals surface area contributed by atoms with Crippen molar-refractivity contribution in [3.63, 3.8) is 0 Å². The molecule has 0 heterocycles. The highest BCUT2D eigenvalue weighted by molar-refractivity contribution is 5.84. The number of rotatable bonds is 7. The van der Waals surface area contributed by atoms with Crippen molar-refractivity contribution < 1.29 is 19.4 Å². The minimum Gasteiger partial charge on any atom is -0.498 e. The summed E-state index contributed by atoms with van der Waals surface area (Å²) < 4.78 is 9.70. The van der Waals surface area contributed by atoms with Gasteiger partial charge in [0.2, 0.25) is 0 Å². The highest BCUT2D eigenvalue weighted by atomic mass is 16.5. The van der Waals surface area contributed by atoms with E-state index in [1.807, 2.05) is 6.92 Å². The molecule has 13 heavy (non-hydrogen) atoms. The third-order valence-electron chi connectivity index (χ3n) is 1.18. The Morgan fingerprint density at radius 3 is 2.69 bits per heavy atom. The van der Waals surface area contributed by atoms with Crippen LogP contribution in [0.3, 0.4) is 0 Å². The van der Waals surface area contributed by atoms with E-state index in [4.69, 9.17) is 14.6 Å². The topological polar surface area (TPSA) is 55.8 Å². The van der Waals surface area contributed by atoms with E-state index in [1.54, 1.807) is 0 Å².